The van der Waals surface area contributed by atoms with E-state index in [1.165, 1.54) is 6.42 Å². The molecule has 0 bridgehead atoms. The molecule has 0 rings (SSSR count). The first-order valence-electron chi connectivity index (χ1n) is 4.95. The van der Waals surface area contributed by atoms with Gasteiger partial charge < -0.3 is 10.6 Å². The number of hydrogen-bond donors (Lipinski definition) is 1. The Balaban J connectivity index is 3.81. The minimum absolute atomic E-state index is 0.464. The minimum Gasteiger partial charge on any atom is -0.393 e. The molecule has 0 aliphatic heterocycles. The van der Waals surface area contributed by atoms with Crippen molar-refractivity contribution in [2.75, 3.05) is 13.6 Å². The molecule has 0 radical (unpaired) electrons. The summed E-state index contributed by atoms with van der Waals surface area (Å²) in [6, 6.07) is 0.464. The van der Waals surface area contributed by atoms with E-state index in [1.807, 2.05) is 0 Å². The summed E-state index contributed by atoms with van der Waals surface area (Å²) in [5.74, 6) is 0.749. The van der Waals surface area contributed by atoms with E-state index in [4.69, 9.17) is 18.0 Å². The van der Waals surface area contributed by atoms with E-state index in [2.05, 4.69) is 32.7 Å². The average Bonchev–Trinajstić information content (AvgIpc) is 2.02. The standard InChI is InChI=1S/C10H22N2S/c1-5-8(2)7-12(4)9(3)6-10(11)13/h8-9H,5-7H2,1-4H3,(H2,11,13). The number of thiocarbonyl (C=S) groups is 1. The Bertz CT molecular complexity index is 159. The second kappa shape index (κ2) is 6.33. The van der Waals surface area contributed by atoms with E-state index in [9.17, 15) is 0 Å². The lowest BCUT2D eigenvalue weighted by Gasteiger charge is -2.26. The van der Waals surface area contributed by atoms with Crippen LogP contribution in [0.15, 0.2) is 0 Å². The topological polar surface area (TPSA) is 29.3 Å². The smallest absolute Gasteiger partial charge is 0.0742 e. The second-order valence-electron chi connectivity index (χ2n) is 3.97. The zero-order chi connectivity index (χ0) is 10.4. The third-order valence-electron chi connectivity index (χ3n) is 2.55. The minimum atomic E-state index is 0.464. The van der Waals surface area contributed by atoms with E-state index in [0.29, 0.717) is 11.0 Å². The van der Waals surface area contributed by atoms with Gasteiger partial charge >= 0.3 is 0 Å². The van der Waals surface area contributed by atoms with Crippen molar-refractivity contribution in [2.45, 2.75) is 39.7 Å². The lowest BCUT2D eigenvalue weighted by atomic mass is 10.1. The summed E-state index contributed by atoms with van der Waals surface area (Å²) >= 11 is 4.88. The maximum Gasteiger partial charge on any atom is 0.0742 e. The molecule has 0 saturated carbocycles. The Morgan fingerprint density at radius 3 is 2.38 bits per heavy atom. The third kappa shape index (κ3) is 5.99. The van der Waals surface area contributed by atoms with E-state index < -0.39 is 0 Å². The molecule has 78 valence electrons. The average molecular weight is 202 g/mol. The van der Waals surface area contributed by atoms with Crippen molar-refractivity contribution in [1.82, 2.24) is 4.90 Å². The zero-order valence-corrected chi connectivity index (χ0v) is 10.0. The molecule has 0 aromatic heterocycles. The van der Waals surface area contributed by atoms with Gasteiger partial charge in [0, 0.05) is 19.0 Å². The van der Waals surface area contributed by atoms with E-state index in [0.717, 1.165) is 18.9 Å². The predicted octanol–water partition coefficient (Wildman–Crippen LogP) is 2.03. The summed E-state index contributed by atoms with van der Waals surface area (Å²) in [6.45, 7) is 7.78. The van der Waals surface area contributed by atoms with Crippen molar-refractivity contribution in [3.8, 4) is 0 Å². The summed E-state index contributed by atoms with van der Waals surface area (Å²) in [6.07, 6.45) is 2.05. The van der Waals surface area contributed by atoms with Crippen LogP contribution in [0.4, 0.5) is 0 Å². The van der Waals surface area contributed by atoms with Crippen LogP contribution in [0, 0.1) is 5.92 Å². The van der Waals surface area contributed by atoms with Gasteiger partial charge in [-0.05, 0) is 19.9 Å². The molecule has 0 aromatic rings. The predicted molar refractivity (Wildman–Crippen MR) is 62.9 cm³/mol. The fourth-order valence-electron chi connectivity index (χ4n) is 1.25. The van der Waals surface area contributed by atoms with Gasteiger partial charge in [-0.25, -0.2) is 0 Å². The van der Waals surface area contributed by atoms with Gasteiger partial charge in [-0.15, -0.1) is 0 Å². The lowest BCUT2D eigenvalue weighted by Crippen LogP contribution is -2.35. The van der Waals surface area contributed by atoms with E-state index >= 15 is 0 Å². The first kappa shape index (κ1) is 12.8. The number of hydrogen-bond acceptors (Lipinski definition) is 2. The Kier molecular flexibility index (Phi) is 6.25. The van der Waals surface area contributed by atoms with Crippen LogP contribution < -0.4 is 5.73 Å². The van der Waals surface area contributed by atoms with Crippen molar-refractivity contribution in [3.05, 3.63) is 0 Å². The van der Waals surface area contributed by atoms with Crippen LogP contribution in [-0.4, -0.2) is 29.5 Å². The van der Waals surface area contributed by atoms with Crippen molar-refractivity contribution in [2.24, 2.45) is 11.7 Å². The van der Waals surface area contributed by atoms with Crippen LogP contribution in [0.5, 0.6) is 0 Å². The Hall–Kier alpha value is -0.150. The van der Waals surface area contributed by atoms with Gasteiger partial charge in [0.2, 0.25) is 0 Å². The van der Waals surface area contributed by atoms with Crippen molar-refractivity contribution in [1.29, 1.82) is 0 Å². The molecular formula is C10H22N2S. The maximum absolute atomic E-state index is 5.50. The summed E-state index contributed by atoms with van der Waals surface area (Å²) in [4.78, 5) is 2.94. The Morgan fingerprint density at radius 1 is 1.46 bits per heavy atom. The van der Waals surface area contributed by atoms with E-state index in [-0.39, 0.29) is 0 Å². The normalized spacial score (nSPS) is 15.8. The van der Waals surface area contributed by atoms with Gasteiger partial charge in [0.25, 0.3) is 0 Å². The molecule has 0 amide bonds. The van der Waals surface area contributed by atoms with Crippen LogP contribution in [0.25, 0.3) is 0 Å². The Labute approximate surface area is 87.5 Å². The number of nitrogens with zero attached hydrogens (tertiary/aromatic N) is 1. The molecule has 0 aromatic carbocycles. The molecule has 13 heavy (non-hydrogen) atoms. The van der Waals surface area contributed by atoms with Crippen LogP contribution in [0.2, 0.25) is 0 Å². The fourth-order valence-corrected chi connectivity index (χ4v) is 1.49. The second-order valence-corrected chi connectivity index (χ2v) is 4.50. The lowest BCUT2D eigenvalue weighted by molar-refractivity contribution is 0.226. The number of nitrogens with two attached hydrogens (primary N) is 1. The molecule has 2 N–H and O–H groups in total. The molecule has 0 aliphatic rings. The van der Waals surface area contributed by atoms with Crippen LogP contribution in [0.1, 0.15) is 33.6 Å². The highest BCUT2D eigenvalue weighted by Gasteiger charge is 2.12. The SMILES string of the molecule is CCC(C)CN(C)C(C)CC(N)=S. The first-order valence-corrected chi connectivity index (χ1v) is 5.36. The molecule has 0 saturated heterocycles. The first-order chi connectivity index (χ1) is 5.97. The monoisotopic (exact) mass is 202 g/mol. The molecule has 0 fully saturated rings. The van der Waals surface area contributed by atoms with Gasteiger partial charge in [-0.1, -0.05) is 32.5 Å². The van der Waals surface area contributed by atoms with Crippen LogP contribution >= 0.6 is 12.2 Å². The Morgan fingerprint density at radius 2 is 2.00 bits per heavy atom. The van der Waals surface area contributed by atoms with Gasteiger partial charge in [-0.3, -0.25) is 0 Å². The van der Waals surface area contributed by atoms with Crippen LogP contribution in [-0.2, 0) is 0 Å². The third-order valence-corrected chi connectivity index (χ3v) is 2.71. The van der Waals surface area contributed by atoms with E-state index in [1.54, 1.807) is 0 Å². The summed E-state index contributed by atoms with van der Waals surface area (Å²) < 4.78 is 0. The molecule has 2 nitrogen and oxygen atoms in total. The van der Waals surface area contributed by atoms with Crippen molar-refractivity contribution < 1.29 is 0 Å². The molecule has 0 spiro atoms. The maximum atomic E-state index is 5.50. The van der Waals surface area contributed by atoms with Gasteiger partial charge in [0.15, 0.2) is 0 Å². The zero-order valence-electron chi connectivity index (χ0n) is 9.21. The molecular weight excluding hydrogens is 180 g/mol. The largest absolute Gasteiger partial charge is 0.393 e. The fraction of sp³-hybridized carbons (Fsp3) is 0.900. The highest BCUT2D eigenvalue weighted by Crippen LogP contribution is 2.07. The van der Waals surface area contributed by atoms with Crippen molar-refractivity contribution >= 4 is 17.2 Å². The molecule has 2 atom stereocenters. The van der Waals surface area contributed by atoms with Crippen molar-refractivity contribution in [3.63, 3.8) is 0 Å². The van der Waals surface area contributed by atoms with Crippen LogP contribution in [0.3, 0.4) is 0 Å². The molecule has 3 heteroatoms. The molecule has 2 unspecified atom stereocenters. The summed E-state index contributed by atoms with van der Waals surface area (Å²) in [7, 11) is 2.13. The van der Waals surface area contributed by atoms with Gasteiger partial charge in [0.1, 0.15) is 0 Å². The highest BCUT2D eigenvalue weighted by atomic mass is 32.1. The summed E-state index contributed by atoms with van der Waals surface area (Å²) in [5, 5.41) is 0. The molecule has 0 aliphatic carbocycles. The van der Waals surface area contributed by atoms with Gasteiger partial charge in [-0.2, -0.15) is 0 Å². The molecule has 0 heterocycles. The quantitative estimate of drug-likeness (QED) is 0.668. The highest BCUT2D eigenvalue weighted by molar-refractivity contribution is 7.80. The number of rotatable bonds is 6. The van der Waals surface area contributed by atoms with Gasteiger partial charge in [0.05, 0.1) is 4.99 Å². The summed E-state index contributed by atoms with van der Waals surface area (Å²) in [5.41, 5.74) is 5.50.